The maximum absolute atomic E-state index is 11.8. The minimum Gasteiger partial charge on any atom is -0.467 e. The van der Waals surface area contributed by atoms with Crippen molar-refractivity contribution >= 4 is 11.9 Å². The second kappa shape index (κ2) is 4.16. The van der Waals surface area contributed by atoms with E-state index in [1.165, 1.54) is 0 Å². The highest BCUT2D eigenvalue weighted by Gasteiger charge is 2.73. The van der Waals surface area contributed by atoms with Crippen LogP contribution in [0.15, 0.2) is 0 Å². The van der Waals surface area contributed by atoms with E-state index in [1.54, 1.807) is 0 Å². The summed E-state index contributed by atoms with van der Waals surface area (Å²) >= 11 is 0. The first kappa shape index (κ1) is 13.2. The van der Waals surface area contributed by atoms with Crippen molar-refractivity contribution in [1.29, 1.82) is 0 Å². The van der Waals surface area contributed by atoms with Crippen molar-refractivity contribution in [3.05, 3.63) is 0 Å². The number of hydrogen-bond donors (Lipinski definition) is 2. The van der Waals surface area contributed by atoms with Crippen LogP contribution in [0.25, 0.3) is 0 Å². The SMILES string of the molecule is COC(=O)[C@]12OC[C@](O)(C(=O)OC)[C@H]1OC[C@@H]2O. The highest BCUT2D eigenvalue weighted by atomic mass is 16.7. The second-order valence-electron chi connectivity index (χ2n) is 4.22. The first-order chi connectivity index (χ1) is 8.43. The number of carbonyl (C=O) groups excluding carboxylic acids is 2. The molecule has 18 heavy (non-hydrogen) atoms. The van der Waals surface area contributed by atoms with Crippen LogP contribution in [-0.2, 0) is 28.5 Å². The molecule has 2 saturated heterocycles. The second-order valence-corrected chi connectivity index (χ2v) is 4.22. The zero-order valence-corrected chi connectivity index (χ0v) is 9.91. The van der Waals surface area contributed by atoms with E-state index in [-0.39, 0.29) is 6.61 Å². The normalized spacial score (nSPS) is 42.4. The fraction of sp³-hybridized carbons (Fsp3) is 0.800. The van der Waals surface area contributed by atoms with Crippen molar-refractivity contribution in [3.8, 4) is 0 Å². The summed E-state index contributed by atoms with van der Waals surface area (Å²) in [5, 5.41) is 20.0. The van der Waals surface area contributed by atoms with Gasteiger partial charge in [0.2, 0.25) is 11.2 Å². The van der Waals surface area contributed by atoms with Crippen LogP contribution < -0.4 is 0 Å². The number of ether oxygens (including phenoxy) is 4. The van der Waals surface area contributed by atoms with E-state index >= 15 is 0 Å². The van der Waals surface area contributed by atoms with Crippen LogP contribution in [0.4, 0.5) is 0 Å². The first-order valence-electron chi connectivity index (χ1n) is 5.26. The molecule has 0 bridgehead atoms. The van der Waals surface area contributed by atoms with Gasteiger partial charge in [-0.1, -0.05) is 0 Å². The third-order valence-electron chi connectivity index (χ3n) is 3.31. The van der Waals surface area contributed by atoms with Crippen molar-refractivity contribution < 1.29 is 38.7 Å². The molecular formula is C10H14O8. The van der Waals surface area contributed by atoms with Gasteiger partial charge in [-0.05, 0) is 0 Å². The Hall–Kier alpha value is -1.22. The lowest BCUT2D eigenvalue weighted by atomic mass is 9.85. The number of carbonyl (C=O) groups is 2. The van der Waals surface area contributed by atoms with E-state index in [0.717, 1.165) is 14.2 Å². The van der Waals surface area contributed by atoms with Crippen LogP contribution in [0.2, 0.25) is 0 Å². The largest absolute Gasteiger partial charge is 0.467 e. The van der Waals surface area contributed by atoms with Crippen LogP contribution in [0, 0.1) is 0 Å². The lowest BCUT2D eigenvalue weighted by molar-refractivity contribution is -0.177. The highest BCUT2D eigenvalue weighted by molar-refractivity contribution is 5.88. The van der Waals surface area contributed by atoms with Gasteiger partial charge in [0.05, 0.1) is 27.4 Å². The van der Waals surface area contributed by atoms with Crippen molar-refractivity contribution in [1.82, 2.24) is 0 Å². The molecule has 2 fully saturated rings. The number of aliphatic hydroxyl groups is 2. The molecule has 2 aliphatic heterocycles. The summed E-state index contributed by atoms with van der Waals surface area (Å²) < 4.78 is 19.3. The number of hydrogen-bond acceptors (Lipinski definition) is 8. The first-order valence-corrected chi connectivity index (χ1v) is 5.26. The predicted molar refractivity (Wildman–Crippen MR) is 53.4 cm³/mol. The van der Waals surface area contributed by atoms with Gasteiger partial charge in [0.1, 0.15) is 12.2 Å². The van der Waals surface area contributed by atoms with Gasteiger partial charge in [0.25, 0.3) is 0 Å². The smallest absolute Gasteiger partial charge is 0.343 e. The average molecular weight is 262 g/mol. The number of rotatable bonds is 2. The van der Waals surface area contributed by atoms with E-state index < -0.39 is 42.0 Å². The number of esters is 2. The number of fused-ring (bicyclic) bond motifs is 1. The number of aliphatic hydroxyl groups excluding tert-OH is 1. The zero-order chi connectivity index (χ0) is 13.6. The molecule has 0 saturated carbocycles. The van der Waals surface area contributed by atoms with E-state index in [1.807, 2.05) is 0 Å². The third kappa shape index (κ3) is 1.40. The minimum atomic E-state index is -2.14. The number of methoxy groups -OCH3 is 2. The van der Waals surface area contributed by atoms with E-state index in [9.17, 15) is 19.8 Å². The predicted octanol–water partition coefficient (Wildman–Crippen LogP) is -2.41. The summed E-state index contributed by atoms with van der Waals surface area (Å²) in [4.78, 5) is 23.3. The van der Waals surface area contributed by atoms with Gasteiger partial charge < -0.3 is 29.2 Å². The quantitative estimate of drug-likeness (QED) is 0.529. The minimum absolute atomic E-state index is 0.251. The lowest BCUT2D eigenvalue weighted by Crippen LogP contribution is -2.59. The average Bonchev–Trinajstić information content (AvgIpc) is 2.87. The zero-order valence-electron chi connectivity index (χ0n) is 9.91. The highest BCUT2D eigenvalue weighted by Crippen LogP contribution is 2.44. The summed E-state index contributed by atoms with van der Waals surface area (Å²) in [7, 11) is 2.20. The van der Waals surface area contributed by atoms with Crippen molar-refractivity contribution in [2.75, 3.05) is 27.4 Å². The topological polar surface area (TPSA) is 112 Å². The van der Waals surface area contributed by atoms with Crippen LogP contribution in [0.5, 0.6) is 0 Å². The molecule has 2 aliphatic rings. The monoisotopic (exact) mass is 262 g/mol. The molecule has 2 rings (SSSR count). The molecule has 0 aliphatic carbocycles. The van der Waals surface area contributed by atoms with E-state index in [0.29, 0.717) is 0 Å². The van der Waals surface area contributed by atoms with Crippen molar-refractivity contribution in [2.45, 2.75) is 23.4 Å². The molecule has 102 valence electrons. The molecule has 2 N–H and O–H groups in total. The Kier molecular flexibility index (Phi) is 3.06. The summed E-state index contributed by atoms with van der Waals surface area (Å²) in [5.74, 6) is -1.90. The molecule has 0 amide bonds. The summed E-state index contributed by atoms with van der Waals surface area (Å²) in [5.41, 5.74) is -4.03. The molecule has 0 unspecified atom stereocenters. The Labute approximate surface area is 102 Å². The maximum atomic E-state index is 11.8. The summed E-state index contributed by atoms with van der Waals surface area (Å²) in [6.07, 6.45) is -2.69. The molecule has 4 atom stereocenters. The molecule has 0 spiro atoms. The van der Waals surface area contributed by atoms with Gasteiger partial charge in [-0.3, -0.25) is 0 Å². The van der Waals surface area contributed by atoms with Crippen LogP contribution in [-0.4, -0.2) is 73.0 Å². The Morgan fingerprint density at radius 3 is 2.44 bits per heavy atom. The Bertz CT molecular complexity index is 382. The van der Waals surface area contributed by atoms with Crippen molar-refractivity contribution in [3.63, 3.8) is 0 Å². The molecule has 8 heteroatoms. The van der Waals surface area contributed by atoms with Gasteiger partial charge in [0.15, 0.2) is 0 Å². The Morgan fingerprint density at radius 2 is 1.89 bits per heavy atom. The van der Waals surface area contributed by atoms with Gasteiger partial charge in [-0.2, -0.15) is 0 Å². The van der Waals surface area contributed by atoms with E-state index in [4.69, 9.17) is 9.47 Å². The maximum Gasteiger partial charge on any atom is 0.343 e. The van der Waals surface area contributed by atoms with Crippen LogP contribution in [0.1, 0.15) is 0 Å². The molecule has 0 aromatic heterocycles. The summed E-state index contributed by atoms with van der Waals surface area (Å²) in [6.45, 7) is -0.768. The van der Waals surface area contributed by atoms with Crippen LogP contribution in [0.3, 0.4) is 0 Å². The third-order valence-corrected chi connectivity index (χ3v) is 3.31. The standard InChI is InChI=1S/C10H14O8/c1-15-7(12)9(14)4-18-10(8(13)16-2)5(11)3-17-6(9)10/h5-6,11,14H,3-4H2,1-2H3/t5-,6+,9+,10+/m0/s1. The van der Waals surface area contributed by atoms with E-state index in [2.05, 4.69) is 9.47 Å². The van der Waals surface area contributed by atoms with Gasteiger partial charge >= 0.3 is 11.9 Å². The molecular weight excluding hydrogens is 248 g/mol. The molecule has 0 radical (unpaired) electrons. The molecule has 8 nitrogen and oxygen atoms in total. The van der Waals surface area contributed by atoms with Crippen LogP contribution >= 0.6 is 0 Å². The molecule has 0 aromatic rings. The van der Waals surface area contributed by atoms with Gasteiger partial charge in [0, 0.05) is 0 Å². The fourth-order valence-electron chi connectivity index (χ4n) is 2.38. The molecule has 2 heterocycles. The van der Waals surface area contributed by atoms with Crippen molar-refractivity contribution in [2.24, 2.45) is 0 Å². The molecule has 0 aromatic carbocycles. The van der Waals surface area contributed by atoms with Gasteiger partial charge in [-0.15, -0.1) is 0 Å². The fourth-order valence-corrected chi connectivity index (χ4v) is 2.38. The lowest BCUT2D eigenvalue weighted by Gasteiger charge is -2.29. The Morgan fingerprint density at radius 1 is 1.28 bits per heavy atom. The Balaban J connectivity index is 2.41. The van der Waals surface area contributed by atoms with Gasteiger partial charge in [-0.25, -0.2) is 9.59 Å². The summed E-state index contributed by atoms with van der Waals surface area (Å²) in [6, 6.07) is 0.